The topological polar surface area (TPSA) is 174 Å². The van der Waals surface area contributed by atoms with E-state index >= 15 is 4.39 Å². The molecule has 3 aliphatic rings. The first-order chi connectivity index (χ1) is 32.3. The van der Waals surface area contributed by atoms with Crippen LogP contribution in [0.3, 0.4) is 0 Å². The van der Waals surface area contributed by atoms with Crippen LogP contribution >= 0.6 is 0 Å². The molecule has 0 aliphatic carbocycles. The van der Waals surface area contributed by atoms with Gasteiger partial charge in [0.25, 0.3) is 0 Å². The van der Waals surface area contributed by atoms with Crippen LogP contribution in [-0.4, -0.2) is 106 Å². The fourth-order valence-corrected chi connectivity index (χ4v) is 8.59. The SMILES string of the molecule is O=C1CCC(Nc2ccc(N3CCN(C(=O)C4CCN(C(=O)Cn5cc(-c6ccc(NC(=O)C(NCCc7ccc(C(F)(F)F)cc7)c7ccccc7)nc6)cn5)CC4)CC3)c(F)c2)C(=O)N1. The van der Waals surface area contributed by atoms with Gasteiger partial charge in [0, 0.05) is 87.4 Å². The number of pyridine rings is 1. The Morgan fingerprint density at radius 2 is 1.57 bits per heavy atom. The second kappa shape index (κ2) is 20.6. The summed E-state index contributed by atoms with van der Waals surface area (Å²) < 4.78 is 55.7. The number of anilines is 3. The Kier molecular flexibility index (Phi) is 14.2. The molecule has 5 amide bonds. The van der Waals surface area contributed by atoms with Crippen LogP contribution in [-0.2, 0) is 43.1 Å². The molecule has 0 saturated carbocycles. The van der Waals surface area contributed by atoms with Crippen molar-refractivity contribution in [1.29, 1.82) is 0 Å². The van der Waals surface area contributed by atoms with Crippen molar-refractivity contribution in [2.24, 2.45) is 5.92 Å². The summed E-state index contributed by atoms with van der Waals surface area (Å²) in [5.74, 6) is -1.56. The Morgan fingerprint density at radius 3 is 2.24 bits per heavy atom. The number of halogens is 4. The molecular weight excluding hydrogens is 873 g/mol. The number of piperazine rings is 1. The Labute approximate surface area is 383 Å². The number of rotatable bonds is 14. The van der Waals surface area contributed by atoms with E-state index in [9.17, 15) is 37.1 Å². The largest absolute Gasteiger partial charge is 0.416 e. The van der Waals surface area contributed by atoms with E-state index in [4.69, 9.17) is 0 Å². The molecule has 350 valence electrons. The highest BCUT2D eigenvalue weighted by Gasteiger charge is 2.33. The van der Waals surface area contributed by atoms with Crippen LogP contribution in [0, 0.1) is 11.7 Å². The quantitative estimate of drug-likeness (QED) is 0.0833. The molecule has 3 aromatic carbocycles. The minimum Gasteiger partial charge on any atom is -0.374 e. The number of hydrogen-bond acceptors (Lipinski definition) is 10. The van der Waals surface area contributed by atoms with Gasteiger partial charge >= 0.3 is 6.18 Å². The maximum atomic E-state index is 15.2. The minimum absolute atomic E-state index is 0.0133. The molecule has 2 aromatic heterocycles. The van der Waals surface area contributed by atoms with Crippen LogP contribution in [0.2, 0.25) is 0 Å². The summed E-state index contributed by atoms with van der Waals surface area (Å²) in [6.07, 6.45) is 2.57. The monoisotopic (exact) mass is 922 g/mol. The molecule has 8 rings (SSSR count). The van der Waals surface area contributed by atoms with Crippen LogP contribution in [0.1, 0.15) is 48.4 Å². The lowest BCUT2D eigenvalue weighted by Gasteiger charge is -2.39. The van der Waals surface area contributed by atoms with Gasteiger partial charge in [-0.2, -0.15) is 18.3 Å². The van der Waals surface area contributed by atoms with Gasteiger partial charge in [0.15, 0.2) is 0 Å². The molecule has 3 aliphatic heterocycles. The molecule has 2 unspecified atom stereocenters. The fraction of sp³-hybridized carbons (Fsp3) is 0.354. The highest BCUT2D eigenvalue weighted by atomic mass is 19.4. The maximum Gasteiger partial charge on any atom is 0.416 e. The van der Waals surface area contributed by atoms with Gasteiger partial charge in [-0.3, -0.25) is 34.0 Å². The van der Waals surface area contributed by atoms with Crippen molar-refractivity contribution in [3.8, 4) is 11.1 Å². The number of nitrogens with zero attached hydrogens (tertiary/aromatic N) is 6. The standard InChI is InChI=1S/C48H50F4N10O5/c49-38-26-37(56-39-12-15-42(63)58-45(39)65)11-13-40(38)59-22-24-61(25-23-59)47(67)33-17-20-60(21-18-33)43(64)30-62-29-35(28-55-62)34-8-14-41(54-27-34)57-46(66)44(32-4-2-1-3-5-32)53-19-16-31-6-9-36(10-7-31)48(50,51)52/h1-11,13-14,26-29,33,39,44,53,56H,12,15-25,30H2,(H,54,57,66)(H,58,63,65). The van der Waals surface area contributed by atoms with E-state index in [1.165, 1.54) is 18.2 Å². The first kappa shape index (κ1) is 46.4. The van der Waals surface area contributed by atoms with E-state index in [-0.39, 0.29) is 42.5 Å². The zero-order valence-electron chi connectivity index (χ0n) is 36.5. The second-order valence-corrected chi connectivity index (χ2v) is 16.9. The maximum absolute atomic E-state index is 15.2. The smallest absolute Gasteiger partial charge is 0.374 e. The Balaban J connectivity index is 0.771. The van der Waals surface area contributed by atoms with Gasteiger partial charge in [-0.1, -0.05) is 42.5 Å². The first-order valence-corrected chi connectivity index (χ1v) is 22.2. The number of alkyl halides is 3. The minimum atomic E-state index is -4.41. The van der Waals surface area contributed by atoms with Crippen molar-refractivity contribution < 1.29 is 41.5 Å². The third-order valence-corrected chi connectivity index (χ3v) is 12.4. The highest BCUT2D eigenvalue weighted by molar-refractivity contribution is 6.01. The number of piperidine rings is 2. The molecule has 0 spiro atoms. The van der Waals surface area contributed by atoms with E-state index in [0.717, 1.165) is 17.7 Å². The summed E-state index contributed by atoms with van der Waals surface area (Å²) in [6, 6.07) is 20.8. The molecular formula is C48H50F4N10O5. The van der Waals surface area contributed by atoms with E-state index in [1.807, 2.05) is 40.1 Å². The van der Waals surface area contributed by atoms with Gasteiger partial charge in [-0.15, -0.1) is 0 Å². The third kappa shape index (κ3) is 11.6. The lowest BCUT2D eigenvalue weighted by atomic mass is 9.95. The zero-order chi connectivity index (χ0) is 47.1. The van der Waals surface area contributed by atoms with Gasteiger partial charge < -0.3 is 30.7 Å². The predicted octanol–water partition coefficient (Wildman–Crippen LogP) is 5.42. The third-order valence-electron chi connectivity index (χ3n) is 12.4. The average Bonchev–Trinajstić information content (AvgIpc) is 3.80. The number of hydrogen-bond donors (Lipinski definition) is 4. The van der Waals surface area contributed by atoms with Gasteiger partial charge in [0.2, 0.25) is 29.5 Å². The fourth-order valence-electron chi connectivity index (χ4n) is 8.59. The van der Waals surface area contributed by atoms with Gasteiger partial charge in [-0.25, -0.2) is 9.37 Å². The van der Waals surface area contributed by atoms with Crippen LogP contribution in [0.5, 0.6) is 0 Å². The van der Waals surface area contributed by atoms with E-state index in [1.54, 1.807) is 52.4 Å². The van der Waals surface area contributed by atoms with Crippen LogP contribution < -0.4 is 26.2 Å². The Bertz CT molecular complexity index is 2560. The zero-order valence-corrected chi connectivity index (χ0v) is 36.5. The Hall–Kier alpha value is -7.15. The molecule has 3 fully saturated rings. The normalized spacial score (nSPS) is 17.5. The van der Waals surface area contributed by atoms with Gasteiger partial charge in [0.1, 0.15) is 30.3 Å². The summed E-state index contributed by atoms with van der Waals surface area (Å²) >= 11 is 0. The molecule has 5 heterocycles. The van der Waals surface area contributed by atoms with E-state index in [2.05, 4.69) is 31.3 Å². The molecule has 67 heavy (non-hydrogen) atoms. The summed E-state index contributed by atoms with van der Waals surface area (Å²) in [4.78, 5) is 73.8. The average molecular weight is 923 g/mol. The number of benzene rings is 3. The number of amides is 5. The molecule has 4 N–H and O–H groups in total. The van der Waals surface area contributed by atoms with Crippen molar-refractivity contribution in [3.63, 3.8) is 0 Å². The number of imide groups is 1. The van der Waals surface area contributed by atoms with E-state index in [0.29, 0.717) is 105 Å². The van der Waals surface area contributed by atoms with E-state index < -0.39 is 35.5 Å². The molecule has 0 radical (unpaired) electrons. The van der Waals surface area contributed by atoms with Crippen molar-refractivity contribution in [2.75, 3.05) is 61.3 Å². The molecule has 5 aromatic rings. The molecule has 2 atom stereocenters. The summed E-state index contributed by atoms with van der Waals surface area (Å²) in [5, 5.41) is 15.7. The lowest BCUT2D eigenvalue weighted by molar-refractivity contribution is -0.141. The number of likely N-dealkylation sites (tertiary alicyclic amines) is 1. The summed E-state index contributed by atoms with van der Waals surface area (Å²) in [7, 11) is 0. The van der Waals surface area contributed by atoms with Crippen LogP contribution in [0.25, 0.3) is 11.1 Å². The number of aromatic nitrogens is 3. The van der Waals surface area contributed by atoms with Gasteiger partial charge in [0.05, 0.1) is 17.4 Å². The highest BCUT2D eigenvalue weighted by Crippen LogP contribution is 2.30. The molecule has 19 heteroatoms. The van der Waals surface area contributed by atoms with Crippen LogP contribution in [0.4, 0.5) is 34.8 Å². The van der Waals surface area contributed by atoms with Crippen molar-refractivity contribution in [1.82, 2.24) is 35.2 Å². The second-order valence-electron chi connectivity index (χ2n) is 16.9. The number of carbonyl (C=O) groups excluding carboxylic acids is 5. The van der Waals surface area contributed by atoms with Crippen molar-refractivity contribution >= 4 is 46.7 Å². The molecule has 0 bridgehead atoms. The number of carbonyl (C=O) groups is 5. The summed E-state index contributed by atoms with van der Waals surface area (Å²) in [5.41, 5.74) is 2.97. The number of nitrogens with one attached hydrogen (secondary N) is 4. The van der Waals surface area contributed by atoms with Gasteiger partial charge in [-0.05, 0) is 79.3 Å². The Morgan fingerprint density at radius 1 is 0.821 bits per heavy atom. The molecule has 15 nitrogen and oxygen atoms in total. The van der Waals surface area contributed by atoms with Crippen LogP contribution in [0.15, 0.2) is 104 Å². The lowest BCUT2D eigenvalue weighted by Crippen LogP contribution is -2.52. The molecule has 3 saturated heterocycles. The predicted molar refractivity (Wildman–Crippen MR) is 241 cm³/mol. The summed E-state index contributed by atoms with van der Waals surface area (Å²) in [6.45, 7) is 3.00. The van der Waals surface area contributed by atoms with Crippen molar-refractivity contribution in [2.45, 2.75) is 56.9 Å². The van der Waals surface area contributed by atoms with Crippen molar-refractivity contribution in [3.05, 3.63) is 126 Å². The first-order valence-electron chi connectivity index (χ1n) is 22.2.